The summed E-state index contributed by atoms with van der Waals surface area (Å²) in [4.78, 5) is 19.7. The van der Waals surface area contributed by atoms with Gasteiger partial charge in [0.2, 0.25) is 0 Å². The molecule has 2 N–H and O–H groups in total. The monoisotopic (exact) mass is 265 g/mol. The van der Waals surface area contributed by atoms with Gasteiger partial charge in [-0.25, -0.2) is 9.97 Å². The van der Waals surface area contributed by atoms with Crippen molar-refractivity contribution >= 4 is 11.8 Å². The fourth-order valence-corrected chi connectivity index (χ4v) is 2.02. The van der Waals surface area contributed by atoms with Gasteiger partial charge in [0.1, 0.15) is 11.6 Å². The van der Waals surface area contributed by atoms with Gasteiger partial charge in [-0.1, -0.05) is 20.8 Å². The van der Waals surface area contributed by atoms with Crippen molar-refractivity contribution in [3.05, 3.63) is 17.6 Å². The second-order valence-electron chi connectivity index (χ2n) is 6.12. The fraction of sp³-hybridized carbons (Fsp3) is 0.643. The van der Waals surface area contributed by atoms with Gasteiger partial charge in [0, 0.05) is 18.3 Å². The Bertz CT molecular complexity index is 432. The Balaban J connectivity index is 2.68. The zero-order valence-corrected chi connectivity index (χ0v) is 12.3. The summed E-state index contributed by atoms with van der Waals surface area (Å²) in [7, 11) is 0. The molecule has 1 aromatic rings. The molecule has 0 aliphatic carbocycles. The van der Waals surface area contributed by atoms with Crippen molar-refractivity contribution in [2.45, 2.75) is 41.0 Å². The lowest BCUT2D eigenvalue weighted by molar-refractivity contribution is -0.142. The van der Waals surface area contributed by atoms with Crippen LogP contribution in [-0.2, 0) is 4.79 Å². The fourth-order valence-electron chi connectivity index (χ4n) is 2.02. The minimum Gasteiger partial charge on any atom is -0.481 e. The number of carboxylic acid groups (broad SMARTS) is 1. The van der Waals surface area contributed by atoms with E-state index in [1.54, 1.807) is 0 Å². The molecule has 0 radical (unpaired) electrons. The normalized spacial score (nSPS) is 13.1. The molecule has 19 heavy (non-hydrogen) atoms. The van der Waals surface area contributed by atoms with E-state index < -0.39 is 11.9 Å². The van der Waals surface area contributed by atoms with E-state index in [4.69, 9.17) is 0 Å². The maximum atomic E-state index is 11.3. The summed E-state index contributed by atoms with van der Waals surface area (Å²) in [5, 5.41) is 12.3. The summed E-state index contributed by atoms with van der Waals surface area (Å²) in [6.07, 6.45) is 0.623. The van der Waals surface area contributed by atoms with Crippen LogP contribution in [0.3, 0.4) is 0 Å². The summed E-state index contributed by atoms with van der Waals surface area (Å²) in [6.45, 7) is 10.2. The topological polar surface area (TPSA) is 75.1 Å². The Hall–Kier alpha value is -1.65. The molecule has 0 saturated heterocycles. The lowest BCUT2D eigenvalue weighted by Crippen LogP contribution is -2.27. The van der Waals surface area contributed by atoms with Gasteiger partial charge in [-0.05, 0) is 25.7 Å². The van der Waals surface area contributed by atoms with Crippen molar-refractivity contribution < 1.29 is 9.90 Å². The van der Waals surface area contributed by atoms with Crippen LogP contribution in [0.25, 0.3) is 0 Å². The molecule has 1 aromatic heterocycles. The quantitative estimate of drug-likeness (QED) is 0.856. The summed E-state index contributed by atoms with van der Waals surface area (Å²) >= 11 is 0. The number of carbonyl (C=O) groups is 1. The Morgan fingerprint density at radius 2 is 2.00 bits per heavy atom. The van der Waals surface area contributed by atoms with Crippen LogP contribution < -0.4 is 5.32 Å². The van der Waals surface area contributed by atoms with Gasteiger partial charge >= 0.3 is 5.97 Å². The molecular weight excluding hydrogens is 242 g/mol. The Kier molecular flexibility index (Phi) is 4.86. The second kappa shape index (κ2) is 5.99. The van der Waals surface area contributed by atoms with Crippen LogP contribution in [0.15, 0.2) is 6.07 Å². The molecule has 0 aromatic carbocycles. The number of hydrogen-bond acceptors (Lipinski definition) is 4. The minimum atomic E-state index is -0.773. The largest absolute Gasteiger partial charge is 0.481 e. The van der Waals surface area contributed by atoms with Gasteiger partial charge in [-0.15, -0.1) is 0 Å². The highest BCUT2D eigenvalue weighted by molar-refractivity contribution is 5.70. The number of anilines is 1. The average molecular weight is 265 g/mol. The molecule has 5 heteroatoms. The van der Waals surface area contributed by atoms with Crippen LogP contribution in [0.1, 0.15) is 38.7 Å². The van der Waals surface area contributed by atoms with Crippen molar-refractivity contribution in [1.29, 1.82) is 0 Å². The number of aromatic nitrogens is 2. The molecule has 0 amide bonds. The summed E-state index contributed by atoms with van der Waals surface area (Å²) < 4.78 is 0. The highest BCUT2D eigenvalue weighted by Crippen LogP contribution is 2.24. The van der Waals surface area contributed by atoms with E-state index in [0.717, 1.165) is 5.69 Å². The molecule has 0 saturated carbocycles. The van der Waals surface area contributed by atoms with Crippen LogP contribution in [0.5, 0.6) is 0 Å². The Morgan fingerprint density at radius 1 is 1.37 bits per heavy atom. The predicted molar refractivity (Wildman–Crippen MR) is 75.2 cm³/mol. The maximum Gasteiger partial charge on any atom is 0.308 e. The first-order chi connectivity index (χ1) is 8.67. The molecule has 5 nitrogen and oxygen atoms in total. The van der Waals surface area contributed by atoms with E-state index in [1.165, 1.54) is 0 Å². The number of carboxylic acids is 1. The lowest BCUT2D eigenvalue weighted by Gasteiger charge is -2.23. The summed E-state index contributed by atoms with van der Waals surface area (Å²) in [5.74, 6) is 0.177. The molecular formula is C14H23N3O2. The van der Waals surface area contributed by atoms with Gasteiger partial charge in [-0.3, -0.25) is 4.79 Å². The van der Waals surface area contributed by atoms with Crippen LogP contribution >= 0.6 is 0 Å². The molecule has 1 unspecified atom stereocenters. The third-order valence-corrected chi connectivity index (χ3v) is 2.70. The van der Waals surface area contributed by atoms with E-state index in [1.807, 2.05) is 40.7 Å². The highest BCUT2D eigenvalue weighted by atomic mass is 16.4. The lowest BCUT2D eigenvalue weighted by atomic mass is 9.84. The summed E-state index contributed by atoms with van der Waals surface area (Å²) in [5.41, 5.74) is 0.861. The van der Waals surface area contributed by atoms with E-state index in [0.29, 0.717) is 24.6 Å². The van der Waals surface area contributed by atoms with Gasteiger partial charge < -0.3 is 10.4 Å². The van der Waals surface area contributed by atoms with Crippen LogP contribution in [0.4, 0.5) is 5.82 Å². The standard InChI is InChI=1S/C14H23N3O2/c1-9-6-12(17-10(2)16-9)15-8-11(13(18)19)7-14(3,4)5/h6,11H,7-8H2,1-5H3,(H,18,19)(H,15,16,17). The molecule has 0 bridgehead atoms. The summed E-state index contributed by atoms with van der Waals surface area (Å²) in [6, 6.07) is 1.82. The van der Waals surface area contributed by atoms with E-state index in [9.17, 15) is 9.90 Å². The predicted octanol–water partition coefficient (Wildman–Crippen LogP) is 2.64. The molecule has 1 rings (SSSR count). The molecule has 106 valence electrons. The molecule has 0 aliphatic rings. The van der Waals surface area contributed by atoms with E-state index >= 15 is 0 Å². The van der Waals surface area contributed by atoms with E-state index in [-0.39, 0.29) is 5.41 Å². The molecule has 1 heterocycles. The first-order valence-electron chi connectivity index (χ1n) is 6.46. The molecule has 0 aliphatic heterocycles. The van der Waals surface area contributed by atoms with Crippen LogP contribution in [0.2, 0.25) is 0 Å². The SMILES string of the molecule is Cc1cc(NCC(CC(C)(C)C)C(=O)O)nc(C)n1. The highest BCUT2D eigenvalue weighted by Gasteiger charge is 2.24. The smallest absolute Gasteiger partial charge is 0.308 e. The zero-order chi connectivity index (χ0) is 14.6. The average Bonchev–Trinajstić information content (AvgIpc) is 2.20. The maximum absolute atomic E-state index is 11.3. The van der Waals surface area contributed by atoms with Crippen LogP contribution in [-0.4, -0.2) is 27.6 Å². The minimum absolute atomic E-state index is 0.0117. The van der Waals surface area contributed by atoms with Crippen molar-refractivity contribution in [3.63, 3.8) is 0 Å². The van der Waals surface area contributed by atoms with Crippen LogP contribution in [0, 0.1) is 25.2 Å². The number of rotatable bonds is 5. The van der Waals surface area contributed by atoms with Crippen molar-refractivity contribution in [1.82, 2.24) is 9.97 Å². The molecule has 0 spiro atoms. The number of nitrogens with one attached hydrogen (secondary N) is 1. The molecule has 0 fully saturated rings. The van der Waals surface area contributed by atoms with E-state index in [2.05, 4.69) is 15.3 Å². The number of hydrogen-bond donors (Lipinski definition) is 2. The Morgan fingerprint density at radius 3 is 2.47 bits per heavy atom. The van der Waals surface area contributed by atoms with Crippen molar-refractivity contribution in [3.8, 4) is 0 Å². The third kappa shape index (κ3) is 5.68. The first-order valence-corrected chi connectivity index (χ1v) is 6.46. The van der Waals surface area contributed by atoms with Gasteiger partial charge in [-0.2, -0.15) is 0 Å². The van der Waals surface area contributed by atoms with Crippen molar-refractivity contribution in [2.24, 2.45) is 11.3 Å². The van der Waals surface area contributed by atoms with Gasteiger partial charge in [0.15, 0.2) is 0 Å². The third-order valence-electron chi connectivity index (χ3n) is 2.70. The number of nitrogens with zero attached hydrogens (tertiary/aromatic N) is 2. The second-order valence-corrected chi connectivity index (χ2v) is 6.12. The van der Waals surface area contributed by atoms with Crippen molar-refractivity contribution in [2.75, 3.05) is 11.9 Å². The number of aliphatic carboxylic acids is 1. The molecule has 1 atom stereocenters. The first kappa shape index (κ1) is 15.4. The van der Waals surface area contributed by atoms with Gasteiger partial charge in [0.25, 0.3) is 0 Å². The Labute approximate surface area is 114 Å². The number of aryl methyl sites for hydroxylation is 2. The zero-order valence-electron chi connectivity index (χ0n) is 12.3. The van der Waals surface area contributed by atoms with Gasteiger partial charge in [0.05, 0.1) is 5.92 Å².